The average Bonchev–Trinajstić information content (AvgIpc) is 2.45. The largest absolute Gasteiger partial charge is 0.494 e. The van der Waals surface area contributed by atoms with Crippen LogP contribution in [0.4, 0.5) is 0 Å². The van der Waals surface area contributed by atoms with Gasteiger partial charge in [0.1, 0.15) is 5.75 Å². The Morgan fingerprint density at radius 3 is 2.40 bits per heavy atom. The van der Waals surface area contributed by atoms with E-state index >= 15 is 0 Å². The summed E-state index contributed by atoms with van der Waals surface area (Å²) in [4.78, 5) is 0. The molecule has 1 N–H and O–H groups in total. The van der Waals surface area contributed by atoms with Crippen molar-refractivity contribution in [3.8, 4) is 11.8 Å². The van der Waals surface area contributed by atoms with E-state index in [2.05, 4.69) is 37.4 Å². The molecular weight excluding hydrogens is 248 g/mol. The molecule has 0 spiro atoms. The highest BCUT2D eigenvalue weighted by molar-refractivity contribution is 5.29. The first-order chi connectivity index (χ1) is 9.52. The van der Waals surface area contributed by atoms with Crippen LogP contribution >= 0.6 is 0 Å². The van der Waals surface area contributed by atoms with Crippen LogP contribution in [-0.2, 0) is 0 Å². The second kappa shape index (κ2) is 7.91. The molecule has 0 aliphatic heterocycles. The van der Waals surface area contributed by atoms with Gasteiger partial charge in [0.25, 0.3) is 0 Å². The lowest BCUT2D eigenvalue weighted by Gasteiger charge is -2.17. The maximum absolute atomic E-state index is 8.95. The second-order valence-electron chi connectivity index (χ2n) is 5.68. The van der Waals surface area contributed by atoms with Crippen LogP contribution in [0.25, 0.3) is 0 Å². The minimum absolute atomic E-state index is 0.321. The molecule has 0 saturated carbocycles. The van der Waals surface area contributed by atoms with Crippen LogP contribution in [0.2, 0.25) is 0 Å². The molecule has 110 valence electrons. The molecule has 20 heavy (non-hydrogen) atoms. The predicted molar refractivity (Wildman–Crippen MR) is 82.7 cm³/mol. The third kappa shape index (κ3) is 5.22. The SMILES string of the molecule is CCNC(CC)c1ccc(OCCC(C)(C)C#N)cc1. The molecule has 1 unspecified atom stereocenters. The van der Waals surface area contributed by atoms with Gasteiger partial charge in [0.15, 0.2) is 0 Å². The van der Waals surface area contributed by atoms with Crippen molar-refractivity contribution in [1.29, 1.82) is 5.26 Å². The lowest BCUT2D eigenvalue weighted by Crippen LogP contribution is -2.19. The van der Waals surface area contributed by atoms with Gasteiger partial charge in [0.05, 0.1) is 18.1 Å². The predicted octanol–water partition coefficient (Wildman–Crippen LogP) is 4.07. The van der Waals surface area contributed by atoms with Gasteiger partial charge in [0.2, 0.25) is 0 Å². The molecule has 0 aliphatic rings. The number of nitrogens with zero attached hydrogens (tertiary/aromatic N) is 1. The van der Waals surface area contributed by atoms with Gasteiger partial charge in [-0.2, -0.15) is 5.26 Å². The molecule has 1 aromatic rings. The van der Waals surface area contributed by atoms with Crippen LogP contribution in [0.3, 0.4) is 0 Å². The van der Waals surface area contributed by atoms with Crippen molar-refractivity contribution in [2.45, 2.75) is 46.6 Å². The first-order valence-corrected chi connectivity index (χ1v) is 7.39. The lowest BCUT2D eigenvalue weighted by molar-refractivity contribution is 0.264. The third-order valence-electron chi connectivity index (χ3n) is 3.44. The fourth-order valence-electron chi connectivity index (χ4n) is 2.02. The van der Waals surface area contributed by atoms with Crippen molar-refractivity contribution in [2.24, 2.45) is 5.41 Å². The van der Waals surface area contributed by atoms with E-state index < -0.39 is 0 Å². The molecule has 1 rings (SSSR count). The quantitative estimate of drug-likeness (QED) is 0.777. The molecule has 0 saturated heterocycles. The molecule has 0 bridgehead atoms. The minimum Gasteiger partial charge on any atom is -0.494 e. The van der Waals surface area contributed by atoms with Crippen LogP contribution < -0.4 is 10.1 Å². The molecule has 3 nitrogen and oxygen atoms in total. The Labute approximate surface area is 123 Å². The highest BCUT2D eigenvalue weighted by atomic mass is 16.5. The molecule has 0 heterocycles. The lowest BCUT2D eigenvalue weighted by atomic mass is 9.92. The van der Waals surface area contributed by atoms with Crippen molar-refractivity contribution in [3.63, 3.8) is 0 Å². The van der Waals surface area contributed by atoms with Crippen LogP contribution in [0.15, 0.2) is 24.3 Å². The van der Waals surface area contributed by atoms with Gasteiger partial charge in [0, 0.05) is 6.04 Å². The van der Waals surface area contributed by atoms with Crippen molar-refractivity contribution in [1.82, 2.24) is 5.32 Å². The second-order valence-corrected chi connectivity index (χ2v) is 5.68. The van der Waals surface area contributed by atoms with E-state index in [0.29, 0.717) is 12.6 Å². The number of hydrogen-bond acceptors (Lipinski definition) is 3. The Morgan fingerprint density at radius 1 is 1.25 bits per heavy atom. The van der Waals surface area contributed by atoms with Gasteiger partial charge in [-0.25, -0.2) is 0 Å². The summed E-state index contributed by atoms with van der Waals surface area (Å²) < 4.78 is 5.70. The Kier molecular flexibility index (Phi) is 6.54. The molecule has 1 aromatic carbocycles. The third-order valence-corrected chi connectivity index (χ3v) is 3.44. The smallest absolute Gasteiger partial charge is 0.119 e. The first-order valence-electron chi connectivity index (χ1n) is 7.39. The van der Waals surface area contributed by atoms with E-state index in [-0.39, 0.29) is 5.41 Å². The molecule has 0 aliphatic carbocycles. The zero-order valence-electron chi connectivity index (χ0n) is 13.1. The van der Waals surface area contributed by atoms with Crippen LogP contribution in [0, 0.1) is 16.7 Å². The Morgan fingerprint density at radius 2 is 1.90 bits per heavy atom. The highest BCUT2D eigenvalue weighted by Gasteiger charge is 2.16. The van der Waals surface area contributed by atoms with Gasteiger partial charge in [-0.05, 0) is 50.9 Å². The number of rotatable bonds is 8. The van der Waals surface area contributed by atoms with E-state index in [4.69, 9.17) is 10.00 Å². The van der Waals surface area contributed by atoms with Crippen LogP contribution in [-0.4, -0.2) is 13.2 Å². The summed E-state index contributed by atoms with van der Waals surface area (Å²) >= 11 is 0. The number of nitriles is 1. The molecule has 0 amide bonds. The summed E-state index contributed by atoms with van der Waals surface area (Å²) in [6.07, 6.45) is 1.81. The Hall–Kier alpha value is -1.53. The number of ether oxygens (including phenoxy) is 1. The van der Waals surface area contributed by atoms with Crippen molar-refractivity contribution in [3.05, 3.63) is 29.8 Å². The number of benzene rings is 1. The normalized spacial score (nSPS) is 12.8. The average molecular weight is 274 g/mol. The summed E-state index contributed by atoms with van der Waals surface area (Å²) in [6, 6.07) is 10.9. The number of nitrogens with one attached hydrogen (secondary N) is 1. The fourth-order valence-corrected chi connectivity index (χ4v) is 2.02. The molecule has 0 fully saturated rings. The summed E-state index contributed by atoms with van der Waals surface area (Å²) in [5.74, 6) is 0.869. The monoisotopic (exact) mass is 274 g/mol. The van der Waals surface area contributed by atoms with Gasteiger partial charge in [-0.1, -0.05) is 26.0 Å². The topological polar surface area (TPSA) is 45.0 Å². The van der Waals surface area contributed by atoms with Crippen molar-refractivity contribution in [2.75, 3.05) is 13.2 Å². The Balaban J connectivity index is 2.53. The highest BCUT2D eigenvalue weighted by Crippen LogP contribution is 2.22. The summed E-state index contributed by atoms with van der Waals surface area (Å²) in [6.45, 7) is 9.71. The number of hydrogen-bond donors (Lipinski definition) is 1. The maximum Gasteiger partial charge on any atom is 0.119 e. The summed E-state index contributed by atoms with van der Waals surface area (Å²) in [7, 11) is 0. The zero-order chi connectivity index (χ0) is 15.0. The molecule has 0 radical (unpaired) electrons. The van der Waals surface area contributed by atoms with E-state index in [1.165, 1.54) is 5.56 Å². The van der Waals surface area contributed by atoms with Gasteiger partial charge in [-0.15, -0.1) is 0 Å². The van der Waals surface area contributed by atoms with Gasteiger partial charge >= 0.3 is 0 Å². The molecule has 3 heteroatoms. The summed E-state index contributed by atoms with van der Waals surface area (Å²) in [5, 5.41) is 12.4. The minimum atomic E-state index is -0.321. The van der Waals surface area contributed by atoms with E-state index in [1.54, 1.807) is 0 Å². The molecule has 1 atom stereocenters. The fraction of sp³-hybridized carbons (Fsp3) is 0.588. The standard InChI is InChI=1S/C17H26N2O/c1-5-16(19-6-2)14-7-9-15(10-8-14)20-12-11-17(3,4)13-18/h7-10,16,19H,5-6,11-12H2,1-4H3. The molecule has 0 aromatic heterocycles. The van der Waals surface area contributed by atoms with Crippen molar-refractivity contribution < 1.29 is 4.74 Å². The van der Waals surface area contributed by atoms with Gasteiger partial charge in [-0.3, -0.25) is 0 Å². The van der Waals surface area contributed by atoms with Crippen molar-refractivity contribution >= 4 is 0 Å². The first kappa shape index (κ1) is 16.5. The molecular formula is C17H26N2O. The van der Waals surface area contributed by atoms with E-state index in [1.807, 2.05) is 26.0 Å². The van der Waals surface area contributed by atoms with Crippen LogP contribution in [0.5, 0.6) is 5.75 Å². The van der Waals surface area contributed by atoms with E-state index in [9.17, 15) is 0 Å². The Bertz CT molecular complexity index is 431. The van der Waals surface area contributed by atoms with Crippen LogP contribution in [0.1, 0.15) is 52.1 Å². The zero-order valence-corrected chi connectivity index (χ0v) is 13.1. The summed E-state index contributed by atoms with van der Waals surface area (Å²) in [5.41, 5.74) is 0.970. The van der Waals surface area contributed by atoms with E-state index in [0.717, 1.165) is 25.1 Å². The van der Waals surface area contributed by atoms with Gasteiger partial charge < -0.3 is 10.1 Å². The maximum atomic E-state index is 8.95.